The van der Waals surface area contributed by atoms with Gasteiger partial charge in [-0.25, -0.2) is 0 Å². The molecule has 1 aromatic rings. The van der Waals surface area contributed by atoms with Gasteiger partial charge in [-0.1, -0.05) is 18.2 Å². The number of ether oxygens (including phenoxy) is 1. The molecule has 0 unspecified atom stereocenters. The Kier molecular flexibility index (Phi) is 4.98. The third-order valence-corrected chi connectivity index (χ3v) is 3.59. The standard InChI is InChI=1S/C15H19N3O4/c1-10(19)18-7-12(15(16)21)13(8-18)17-14(20)9-22-11-5-3-2-4-6-11/h2-6,12-13H,7-9H2,1H3,(H2,16,21)(H,17,20)/t12-,13+/m1/s1. The number of likely N-dealkylation sites (tertiary alicyclic amines) is 1. The van der Waals surface area contributed by atoms with Crippen molar-refractivity contribution in [1.29, 1.82) is 0 Å². The van der Waals surface area contributed by atoms with Crippen molar-refractivity contribution in [2.45, 2.75) is 13.0 Å². The van der Waals surface area contributed by atoms with E-state index in [1.165, 1.54) is 11.8 Å². The van der Waals surface area contributed by atoms with E-state index in [1.807, 2.05) is 6.07 Å². The van der Waals surface area contributed by atoms with Gasteiger partial charge in [-0.15, -0.1) is 0 Å². The molecule has 3 N–H and O–H groups in total. The van der Waals surface area contributed by atoms with E-state index in [4.69, 9.17) is 10.5 Å². The van der Waals surface area contributed by atoms with Crippen molar-refractivity contribution in [1.82, 2.24) is 10.2 Å². The average Bonchev–Trinajstić information content (AvgIpc) is 2.90. The Balaban J connectivity index is 1.89. The Morgan fingerprint density at radius 3 is 2.55 bits per heavy atom. The number of rotatable bonds is 5. The summed E-state index contributed by atoms with van der Waals surface area (Å²) in [5.41, 5.74) is 5.33. The predicted octanol–water partition coefficient (Wildman–Crippen LogP) is -0.486. The van der Waals surface area contributed by atoms with Crippen LogP contribution in [0.2, 0.25) is 0 Å². The molecule has 7 nitrogen and oxygen atoms in total. The number of hydrogen-bond acceptors (Lipinski definition) is 4. The first-order valence-electron chi connectivity index (χ1n) is 6.99. The van der Waals surface area contributed by atoms with E-state index >= 15 is 0 Å². The van der Waals surface area contributed by atoms with E-state index in [1.54, 1.807) is 24.3 Å². The third-order valence-electron chi connectivity index (χ3n) is 3.59. The average molecular weight is 305 g/mol. The third kappa shape index (κ3) is 3.97. The lowest BCUT2D eigenvalue weighted by Crippen LogP contribution is -2.46. The number of para-hydroxylation sites is 1. The molecule has 0 bridgehead atoms. The van der Waals surface area contributed by atoms with Crippen LogP contribution >= 0.6 is 0 Å². The molecule has 1 aliphatic rings. The summed E-state index contributed by atoms with van der Waals surface area (Å²) in [6.07, 6.45) is 0. The Morgan fingerprint density at radius 1 is 1.27 bits per heavy atom. The lowest BCUT2D eigenvalue weighted by atomic mass is 10.0. The van der Waals surface area contributed by atoms with Crippen LogP contribution in [0.25, 0.3) is 0 Å². The minimum Gasteiger partial charge on any atom is -0.484 e. The molecule has 118 valence electrons. The summed E-state index contributed by atoms with van der Waals surface area (Å²) in [5, 5.41) is 2.71. The van der Waals surface area contributed by atoms with Crippen LogP contribution in [0.15, 0.2) is 30.3 Å². The highest BCUT2D eigenvalue weighted by molar-refractivity contribution is 5.83. The SMILES string of the molecule is CC(=O)N1C[C@H](NC(=O)COc2ccccc2)[C@H](C(N)=O)C1. The maximum Gasteiger partial charge on any atom is 0.258 e. The highest BCUT2D eigenvalue weighted by atomic mass is 16.5. The van der Waals surface area contributed by atoms with Gasteiger partial charge >= 0.3 is 0 Å². The zero-order valence-electron chi connectivity index (χ0n) is 12.3. The number of carbonyl (C=O) groups is 3. The summed E-state index contributed by atoms with van der Waals surface area (Å²) in [5.74, 6) is -1.03. The summed E-state index contributed by atoms with van der Waals surface area (Å²) in [6, 6.07) is 8.46. The fraction of sp³-hybridized carbons (Fsp3) is 0.400. The van der Waals surface area contributed by atoms with Gasteiger partial charge in [0.15, 0.2) is 6.61 Å². The Morgan fingerprint density at radius 2 is 1.95 bits per heavy atom. The first-order chi connectivity index (χ1) is 10.5. The normalized spacial score (nSPS) is 20.5. The molecule has 1 heterocycles. The minimum atomic E-state index is -0.579. The quantitative estimate of drug-likeness (QED) is 0.766. The molecule has 0 spiro atoms. The topological polar surface area (TPSA) is 102 Å². The first kappa shape index (κ1) is 15.8. The van der Waals surface area contributed by atoms with Crippen molar-refractivity contribution in [3.63, 3.8) is 0 Å². The van der Waals surface area contributed by atoms with Crippen molar-refractivity contribution < 1.29 is 19.1 Å². The minimum absolute atomic E-state index is 0.150. The van der Waals surface area contributed by atoms with Crippen molar-refractivity contribution in [3.8, 4) is 5.75 Å². The van der Waals surface area contributed by atoms with Gasteiger partial charge in [0.05, 0.1) is 12.0 Å². The Hall–Kier alpha value is -2.57. The lowest BCUT2D eigenvalue weighted by Gasteiger charge is -2.17. The maximum absolute atomic E-state index is 11.9. The zero-order chi connectivity index (χ0) is 16.1. The molecule has 2 rings (SSSR count). The van der Waals surface area contributed by atoms with E-state index < -0.39 is 17.9 Å². The van der Waals surface area contributed by atoms with Crippen LogP contribution in [0.4, 0.5) is 0 Å². The number of nitrogens with two attached hydrogens (primary N) is 1. The van der Waals surface area contributed by atoms with Gasteiger partial charge < -0.3 is 20.7 Å². The maximum atomic E-state index is 11.9. The number of benzene rings is 1. The second-order valence-electron chi connectivity index (χ2n) is 5.21. The molecule has 1 fully saturated rings. The summed E-state index contributed by atoms with van der Waals surface area (Å²) >= 11 is 0. The summed E-state index contributed by atoms with van der Waals surface area (Å²) < 4.78 is 5.34. The Bertz CT molecular complexity index is 561. The van der Waals surface area contributed by atoms with Crippen molar-refractivity contribution in [2.75, 3.05) is 19.7 Å². The van der Waals surface area contributed by atoms with Crippen LogP contribution in [0.3, 0.4) is 0 Å². The molecule has 1 aliphatic heterocycles. The van der Waals surface area contributed by atoms with E-state index in [0.29, 0.717) is 5.75 Å². The molecule has 0 saturated carbocycles. The molecule has 0 aromatic heterocycles. The Labute approximate surface area is 128 Å². The molecule has 1 aromatic carbocycles. The largest absolute Gasteiger partial charge is 0.484 e. The zero-order valence-corrected chi connectivity index (χ0v) is 12.3. The molecule has 1 saturated heterocycles. The van der Waals surface area contributed by atoms with Crippen molar-refractivity contribution >= 4 is 17.7 Å². The smallest absolute Gasteiger partial charge is 0.258 e. The van der Waals surface area contributed by atoms with E-state index in [2.05, 4.69) is 5.32 Å². The summed E-state index contributed by atoms with van der Waals surface area (Å²) in [7, 11) is 0. The molecule has 0 aliphatic carbocycles. The van der Waals surface area contributed by atoms with Crippen LogP contribution in [0.5, 0.6) is 5.75 Å². The number of nitrogens with zero attached hydrogens (tertiary/aromatic N) is 1. The van der Waals surface area contributed by atoms with Gasteiger partial charge in [-0.2, -0.15) is 0 Å². The number of amides is 3. The molecule has 0 radical (unpaired) electrons. The molecule has 7 heteroatoms. The second-order valence-corrected chi connectivity index (χ2v) is 5.21. The number of hydrogen-bond donors (Lipinski definition) is 2. The van der Waals surface area contributed by atoms with Crippen LogP contribution < -0.4 is 15.8 Å². The summed E-state index contributed by atoms with van der Waals surface area (Å²) in [4.78, 5) is 36.3. The second kappa shape index (κ2) is 6.93. The van der Waals surface area contributed by atoms with E-state index in [-0.39, 0.29) is 31.5 Å². The number of carbonyl (C=O) groups excluding carboxylic acids is 3. The van der Waals surface area contributed by atoms with Gasteiger partial charge in [0, 0.05) is 20.0 Å². The van der Waals surface area contributed by atoms with E-state index in [0.717, 1.165) is 0 Å². The van der Waals surface area contributed by atoms with Crippen molar-refractivity contribution in [2.24, 2.45) is 11.7 Å². The molecular formula is C15H19N3O4. The molecular weight excluding hydrogens is 286 g/mol. The number of nitrogens with one attached hydrogen (secondary N) is 1. The monoisotopic (exact) mass is 305 g/mol. The highest BCUT2D eigenvalue weighted by Gasteiger charge is 2.38. The van der Waals surface area contributed by atoms with Gasteiger partial charge in [0.2, 0.25) is 11.8 Å². The molecule has 3 amide bonds. The van der Waals surface area contributed by atoms with Crippen LogP contribution in [-0.4, -0.2) is 48.4 Å². The van der Waals surface area contributed by atoms with Crippen LogP contribution in [-0.2, 0) is 14.4 Å². The molecule has 2 atom stereocenters. The highest BCUT2D eigenvalue weighted by Crippen LogP contribution is 2.17. The molecule has 22 heavy (non-hydrogen) atoms. The predicted molar refractivity (Wildman–Crippen MR) is 78.8 cm³/mol. The van der Waals surface area contributed by atoms with Gasteiger partial charge in [-0.3, -0.25) is 14.4 Å². The lowest BCUT2D eigenvalue weighted by molar-refractivity contribution is -0.128. The van der Waals surface area contributed by atoms with Gasteiger partial charge in [0.25, 0.3) is 5.91 Å². The first-order valence-corrected chi connectivity index (χ1v) is 6.99. The summed E-state index contributed by atoms with van der Waals surface area (Å²) in [6.45, 7) is 1.77. The fourth-order valence-corrected chi connectivity index (χ4v) is 2.41. The van der Waals surface area contributed by atoms with Crippen molar-refractivity contribution in [3.05, 3.63) is 30.3 Å². The fourth-order valence-electron chi connectivity index (χ4n) is 2.41. The number of primary amides is 1. The van der Waals surface area contributed by atoms with Crippen LogP contribution in [0.1, 0.15) is 6.92 Å². The van der Waals surface area contributed by atoms with Gasteiger partial charge in [0.1, 0.15) is 5.75 Å². The van der Waals surface area contributed by atoms with E-state index in [9.17, 15) is 14.4 Å². The van der Waals surface area contributed by atoms with Crippen LogP contribution in [0, 0.1) is 5.92 Å². The van der Waals surface area contributed by atoms with Gasteiger partial charge in [-0.05, 0) is 12.1 Å².